The Hall–Kier alpha value is -6.14. The van der Waals surface area contributed by atoms with Gasteiger partial charge in [0.05, 0.1) is 22.4 Å². The van der Waals surface area contributed by atoms with Crippen molar-refractivity contribution in [2.24, 2.45) is 0 Å². The van der Waals surface area contributed by atoms with Gasteiger partial charge in [-0.15, -0.1) is 0 Å². The third-order valence-electron chi connectivity index (χ3n) is 15.6. The van der Waals surface area contributed by atoms with Crippen LogP contribution in [0, 0.1) is 18.6 Å². The van der Waals surface area contributed by atoms with Crippen molar-refractivity contribution in [2.75, 3.05) is 9.80 Å². The highest BCUT2D eigenvalue weighted by Gasteiger charge is 2.45. The predicted octanol–water partition coefficient (Wildman–Crippen LogP) is 15.4. The minimum Gasteiger partial charge on any atom is -0.309 e. The molecule has 1 aromatic heterocycles. The topological polar surface area (TPSA) is 11.4 Å². The summed E-state index contributed by atoms with van der Waals surface area (Å²) in [5, 5.41) is 2.29. The van der Waals surface area contributed by atoms with E-state index in [1.165, 1.54) is 16.7 Å². The SMILES string of the molecule is CCC(C)(C)c1ccc(N2c3ccc(C(C)(C)CC)cc3B3c4cc5c6ccccc6n(-c6cc(C(C)(C)C)cc(C(C)(C)C)c6)c5cc4N(c4ccc(C)cc4F)c4cccc2c43)c(F)c1. The van der Waals surface area contributed by atoms with Gasteiger partial charge in [0.15, 0.2) is 0 Å². The maximum absolute atomic E-state index is 17.1. The average Bonchev–Trinajstić information content (AvgIpc) is 3.61. The molecule has 0 aliphatic carbocycles. The van der Waals surface area contributed by atoms with E-state index in [0.29, 0.717) is 11.4 Å². The lowest BCUT2D eigenvalue weighted by Gasteiger charge is -2.44. The Kier molecular flexibility index (Phi) is 10.3. The fourth-order valence-corrected chi connectivity index (χ4v) is 10.5. The third-order valence-corrected chi connectivity index (χ3v) is 15.6. The van der Waals surface area contributed by atoms with Crippen LogP contribution in [0.1, 0.15) is 124 Å². The zero-order valence-electron chi connectivity index (χ0n) is 41.7. The van der Waals surface area contributed by atoms with Crippen molar-refractivity contribution in [1.29, 1.82) is 0 Å². The van der Waals surface area contributed by atoms with Gasteiger partial charge in [-0.3, -0.25) is 0 Å². The van der Waals surface area contributed by atoms with Crippen LogP contribution in [0.4, 0.5) is 42.9 Å². The highest BCUT2D eigenvalue weighted by atomic mass is 19.1. The fourth-order valence-electron chi connectivity index (χ4n) is 10.5. The third kappa shape index (κ3) is 7.11. The monoisotopic (exact) mass is 888 g/mol. The van der Waals surface area contributed by atoms with Crippen LogP contribution < -0.4 is 26.2 Å². The molecular weight excluding hydrogens is 823 g/mol. The number of aromatic nitrogens is 1. The number of hydrogen-bond donors (Lipinski definition) is 0. The highest BCUT2D eigenvalue weighted by Crippen LogP contribution is 2.48. The van der Waals surface area contributed by atoms with Gasteiger partial charge in [-0.2, -0.15) is 0 Å². The Labute approximate surface area is 397 Å². The number of hydrogen-bond acceptors (Lipinski definition) is 2. The molecule has 0 fully saturated rings. The van der Waals surface area contributed by atoms with Crippen LogP contribution in [0.2, 0.25) is 0 Å². The summed E-state index contributed by atoms with van der Waals surface area (Å²) < 4.78 is 36.5. The molecule has 8 aromatic rings. The van der Waals surface area contributed by atoms with Crippen LogP contribution in [0.25, 0.3) is 27.5 Å². The number of fused-ring (bicyclic) bond motifs is 7. The molecule has 10 rings (SSSR count). The Bertz CT molecular complexity index is 3270. The first-order valence-corrected chi connectivity index (χ1v) is 24.3. The molecule has 0 spiro atoms. The summed E-state index contributed by atoms with van der Waals surface area (Å²) >= 11 is 0. The number of anilines is 6. The summed E-state index contributed by atoms with van der Waals surface area (Å²) in [6.45, 7) is 28.7. The van der Waals surface area contributed by atoms with Gasteiger partial charge in [0.1, 0.15) is 11.6 Å². The molecule has 7 aromatic carbocycles. The van der Waals surface area contributed by atoms with Crippen LogP contribution in [0.5, 0.6) is 0 Å². The average molecular weight is 888 g/mol. The highest BCUT2D eigenvalue weighted by molar-refractivity contribution is 7.00. The minimum atomic E-state index is -0.296. The molecule has 0 amide bonds. The van der Waals surface area contributed by atoms with E-state index < -0.39 is 0 Å². The molecule has 0 atom stereocenters. The Balaban J connectivity index is 1.33. The number of benzene rings is 7. The van der Waals surface area contributed by atoms with Gasteiger partial charge in [-0.05, 0) is 152 Å². The molecule has 340 valence electrons. The molecule has 2 aliphatic heterocycles. The van der Waals surface area contributed by atoms with Crippen LogP contribution >= 0.6 is 0 Å². The maximum Gasteiger partial charge on any atom is 0.252 e. The predicted molar refractivity (Wildman–Crippen MR) is 283 cm³/mol. The van der Waals surface area contributed by atoms with Crippen LogP contribution in [0.3, 0.4) is 0 Å². The van der Waals surface area contributed by atoms with Gasteiger partial charge < -0.3 is 14.4 Å². The van der Waals surface area contributed by atoms with E-state index in [4.69, 9.17) is 0 Å². The molecule has 3 heterocycles. The lowest BCUT2D eigenvalue weighted by Crippen LogP contribution is -2.61. The molecule has 0 unspecified atom stereocenters. The van der Waals surface area contributed by atoms with Crippen molar-refractivity contribution in [3.05, 3.63) is 167 Å². The van der Waals surface area contributed by atoms with Crippen molar-refractivity contribution in [3.8, 4) is 5.69 Å². The van der Waals surface area contributed by atoms with Crippen molar-refractivity contribution in [3.63, 3.8) is 0 Å². The molecule has 2 aliphatic rings. The Morgan fingerprint density at radius 3 is 1.57 bits per heavy atom. The molecule has 0 saturated heterocycles. The van der Waals surface area contributed by atoms with Crippen molar-refractivity contribution < 1.29 is 8.78 Å². The summed E-state index contributed by atoms with van der Waals surface area (Å²) in [4.78, 5) is 4.26. The Morgan fingerprint density at radius 1 is 0.448 bits per heavy atom. The van der Waals surface area contributed by atoms with Crippen molar-refractivity contribution >= 4 is 79.0 Å². The molecule has 0 radical (unpaired) electrons. The summed E-state index contributed by atoms with van der Waals surface area (Å²) in [7, 11) is 0. The normalized spacial score (nSPS) is 13.9. The minimum absolute atomic E-state index is 0.0837. The molecule has 0 bridgehead atoms. The summed E-state index contributed by atoms with van der Waals surface area (Å²) in [5.74, 6) is -0.563. The van der Waals surface area contributed by atoms with Crippen LogP contribution in [0.15, 0.2) is 127 Å². The molecule has 6 heteroatoms. The fraction of sp³-hybridized carbons (Fsp3) is 0.311. The van der Waals surface area contributed by atoms with E-state index in [9.17, 15) is 0 Å². The largest absolute Gasteiger partial charge is 0.309 e. The first kappa shape index (κ1) is 44.7. The molecule has 3 nitrogen and oxygen atoms in total. The second-order valence-electron chi connectivity index (χ2n) is 22.7. The summed E-state index contributed by atoms with van der Waals surface area (Å²) in [5.41, 5.74) is 16.3. The molecule has 0 saturated carbocycles. The van der Waals surface area contributed by atoms with Gasteiger partial charge in [0.2, 0.25) is 0 Å². The number of aryl methyl sites for hydroxylation is 1. The van der Waals surface area contributed by atoms with E-state index in [-0.39, 0.29) is 40.0 Å². The summed E-state index contributed by atoms with van der Waals surface area (Å²) in [6, 6.07) is 45.0. The summed E-state index contributed by atoms with van der Waals surface area (Å²) in [6.07, 6.45) is 1.84. The van der Waals surface area contributed by atoms with Gasteiger partial charge in [0, 0.05) is 39.2 Å². The first-order chi connectivity index (χ1) is 31.6. The first-order valence-electron chi connectivity index (χ1n) is 24.3. The van der Waals surface area contributed by atoms with Crippen LogP contribution in [-0.2, 0) is 21.7 Å². The Morgan fingerprint density at radius 2 is 0.985 bits per heavy atom. The quantitative estimate of drug-likeness (QED) is 0.148. The number of nitrogens with zero attached hydrogens (tertiary/aromatic N) is 3. The van der Waals surface area contributed by atoms with Crippen molar-refractivity contribution in [1.82, 2.24) is 4.57 Å². The van der Waals surface area contributed by atoms with Gasteiger partial charge in [0.25, 0.3) is 6.71 Å². The van der Waals surface area contributed by atoms with Gasteiger partial charge in [-0.1, -0.05) is 144 Å². The standard InChI is InChI=1S/C61H64BF2N3/c1-14-60(10,11)38-24-27-50-45(33-38)62-46-35-44-43-19-16-17-20-49(43)65(42-31-40(58(4,5)6)30-41(32-42)59(7,8)9)55(44)36-56(46)67(51-26-23-37(3)29-47(51)63)54-22-18-21-53(57(54)62)66(50)52-28-25-39(34-48(52)64)61(12,13)15-2/h16-36H,14-15H2,1-13H3. The van der Waals surface area contributed by atoms with E-state index in [0.717, 1.165) is 90.6 Å². The molecular formula is C61H64BF2N3. The lowest BCUT2D eigenvalue weighted by atomic mass is 9.33. The van der Waals surface area contributed by atoms with E-state index in [1.54, 1.807) is 12.1 Å². The van der Waals surface area contributed by atoms with E-state index >= 15 is 8.78 Å². The maximum atomic E-state index is 17.1. The van der Waals surface area contributed by atoms with E-state index in [2.05, 4.69) is 195 Å². The zero-order valence-corrected chi connectivity index (χ0v) is 41.7. The number of halogens is 2. The van der Waals surface area contributed by atoms with E-state index in [1.807, 2.05) is 25.1 Å². The number of rotatable bonds is 7. The molecule has 0 N–H and O–H groups in total. The van der Waals surface area contributed by atoms with Crippen LogP contribution in [-0.4, -0.2) is 11.3 Å². The van der Waals surface area contributed by atoms with Crippen molar-refractivity contribution in [2.45, 2.75) is 125 Å². The lowest BCUT2D eigenvalue weighted by molar-refractivity contribution is 0.500. The smallest absolute Gasteiger partial charge is 0.252 e. The molecule has 67 heavy (non-hydrogen) atoms. The second kappa shape index (κ2) is 15.5. The second-order valence-corrected chi connectivity index (χ2v) is 22.7. The zero-order chi connectivity index (χ0) is 47.7. The van der Waals surface area contributed by atoms with Gasteiger partial charge in [-0.25, -0.2) is 8.78 Å². The number of para-hydroxylation sites is 1. The van der Waals surface area contributed by atoms with Gasteiger partial charge >= 0.3 is 0 Å².